The Morgan fingerprint density at radius 2 is 2.41 bits per heavy atom. The van der Waals surface area contributed by atoms with Crippen molar-refractivity contribution in [2.24, 2.45) is 5.92 Å². The Balaban J connectivity index is 2.06. The van der Waals surface area contributed by atoms with Gasteiger partial charge in [0.2, 0.25) is 5.65 Å². The largest absolute Gasteiger partial charge is 0.349 e. The summed E-state index contributed by atoms with van der Waals surface area (Å²) in [4.78, 5) is 6.81. The highest BCUT2D eigenvalue weighted by Crippen LogP contribution is 2.30. The molecular weight excluding hydrogens is 282 g/mol. The maximum atomic E-state index is 4.48. The summed E-state index contributed by atoms with van der Waals surface area (Å²) in [6, 6.07) is 0.491. The Morgan fingerprint density at radius 1 is 1.53 bits per heavy atom. The van der Waals surface area contributed by atoms with Crippen molar-refractivity contribution in [3.63, 3.8) is 0 Å². The van der Waals surface area contributed by atoms with E-state index in [0.717, 1.165) is 23.3 Å². The number of hydrogen-bond donors (Lipinski definition) is 0. The number of aromatic nitrogens is 4. The molecule has 0 radical (unpaired) electrons. The molecule has 2 aromatic rings. The van der Waals surface area contributed by atoms with Crippen molar-refractivity contribution in [1.82, 2.24) is 19.6 Å². The van der Waals surface area contributed by atoms with Crippen LogP contribution in [0, 0.1) is 5.92 Å². The summed E-state index contributed by atoms with van der Waals surface area (Å²) < 4.78 is 1.91. The minimum Gasteiger partial charge on any atom is -0.349 e. The number of rotatable bonds is 2. The van der Waals surface area contributed by atoms with Crippen LogP contribution in [0.5, 0.6) is 0 Å². The minimum absolute atomic E-state index is 0.491. The molecule has 2 aromatic heterocycles. The smallest absolute Gasteiger partial charge is 0.203 e. The fourth-order valence-electron chi connectivity index (χ4n) is 2.45. The van der Waals surface area contributed by atoms with Gasteiger partial charge in [-0.15, -0.1) is 10.2 Å². The van der Waals surface area contributed by atoms with Gasteiger partial charge in [0.25, 0.3) is 0 Å². The lowest BCUT2D eigenvalue weighted by atomic mass is 10.1. The summed E-state index contributed by atoms with van der Waals surface area (Å²) in [5, 5.41) is 9.05. The standard InChI is InChI=1S/C11H14BrN5/c1-8-2-4-17(9(8)6-12)10-11-15-14-7-16(11)5-3-13-10/h3,5,7-9H,2,4,6H2,1H3. The van der Waals surface area contributed by atoms with Crippen molar-refractivity contribution in [2.45, 2.75) is 19.4 Å². The molecule has 0 bridgehead atoms. The molecular formula is C11H14BrN5. The summed E-state index contributed by atoms with van der Waals surface area (Å²) >= 11 is 3.60. The van der Waals surface area contributed by atoms with Gasteiger partial charge in [0, 0.05) is 30.3 Å². The highest BCUT2D eigenvalue weighted by Gasteiger charge is 2.32. The molecule has 0 aliphatic carbocycles. The molecule has 1 aliphatic rings. The molecule has 0 saturated carbocycles. The van der Waals surface area contributed by atoms with Crippen LogP contribution in [0.25, 0.3) is 5.65 Å². The van der Waals surface area contributed by atoms with Gasteiger partial charge in [0.1, 0.15) is 6.33 Å². The molecule has 2 unspecified atom stereocenters. The second-order valence-electron chi connectivity index (χ2n) is 4.49. The van der Waals surface area contributed by atoms with E-state index in [9.17, 15) is 0 Å². The highest BCUT2D eigenvalue weighted by atomic mass is 79.9. The van der Waals surface area contributed by atoms with Crippen molar-refractivity contribution in [1.29, 1.82) is 0 Å². The van der Waals surface area contributed by atoms with E-state index in [1.807, 2.05) is 10.6 Å². The third-order valence-corrected chi connectivity index (χ3v) is 4.17. The average molecular weight is 296 g/mol. The molecule has 5 nitrogen and oxygen atoms in total. The highest BCUT2D eigenvalue weighted by molar-refractivity contribution is 9.09. The zero-order valence-corrected chi connectivity index (χ0v) is 11.2. The van der Waals surface area contributed by atoms with Crippen molar-refractivity contribution in [3.05, 3.63) is 18.7 Å². The molecule has 3 heterocycles. The van der Waals surface area contributed by atoms with Crippen LogP contribution in [-0.2, 0) is 0 Å². The van der Waals surface area contributed by atoms with Crippen LogP contribution in [0.1, 0.15) is 13.3 Å². The second-order valence-corrected chi connectivity index (χ2v) is 5.14. The monoisotopic (exact) mass is 295 g/mol. The summed E-state index contributed by atoms with van der Waals surface area (Å²) in [7, 11) is 0. The zero-order chi connectivity index (χ0) is 11.8. The van der Waals surface area contributed by atoms with Crippen LogP contribution in [-0.4, -0.2) is 37.5 Å². The first-order valence-corrected chi connectivity index (χ1v) is 6.90. The summed E-state index contributed by atoms with van der Waals surface area (Å²) in [6.07, 6.45) is 6.59. The van der Waals surface area contributed by atoms with Gasteiger partial charge < -0.3 is 4.90 Å². The molecule has 0 amide bonds. The summed E-state index contributed by atoms with van der Waals surface area (Å²) in [5.74, 6) is 1.62. The number of hydrogen-bond acceptors (Lipinski definition) is 4. The van der Waals surface area contributed by atoms with Crippen LogP contribution in [0.4, 0.5) is 5.82 Å². The molecule has 2 atom stereocenters. The maximum absolute atomic E-state index is 4.48. The third kappa shape index (κ3) is 1.71. The van der Waals surface area contributed by atoms with Gasteiger partial charge in [-0.05, 0) is 12.3 Å². The average Bonchev–Trinajstić information content (AvgIpc) is 2.94. The Morgan fingerprint density at radius 3 is 3.24 bits per heavy atom. The van der Waals surface area contributed by atoms with Gasteiger partial charge in [-0.25, -0.2) is 4.98 Å². The molecule has 0 aromatic carbocycles. The van der Waals surface area contributed by atoms with Crippen LogP contribution in [0.2, 0.25) is 0 Å². The van der Waals surface area contributed by atoms with Gasteiger partial charge in [-0.3, -0.25) is 4.40 Å². The normalized spacial score (nSPS) is 24.7. The number of halogens is 1. The van der Waals surface area contributed by atoms with Crippen LogP contribution >= 0.6 is 15.9 Å². The van der Waals surface area contributed by atoms with Crippen molar-refractivity contribution in [3.8, 4) is 0 Å². The SMILES string of the molecule is CC1CCN(c2nccn3cnnc23)C1CBr. The predicted molar refractivity (Wildman–Crippen MR) is 69.5 cm³/mol. The fraction of sp³-hybridized carbons (Fsp3) is 0.545. The summed E-state index contributed by atoms with van der Waals surface area (Å²) in [5.41, 5.74) is 0.840. The van der Waals surface area contributed by atoms with E-state index >= 15 is 0 Å². The Kier molecular flexibility index (Phi) is 2.74. The van der Waals surface area contributed by atoms with Gasteiger partial charge in [-0.1, -0.05) is 22.9 Å². The van der Waals surface area contributed by atoms with Gasteiger partial charge in [-0.2, -0.15) is 0 Å². The first-order valence-electron chi connectivity index (χ1n) is 5.78. The fourth-order valence-corrected chi connectivity index (χ4v) is 3.44. The van der Waals surface area contributed by atoms with Crippen molar-refractivity contribution in [2.75, 3.05) is 16.8 Å². The molecule has 0 N–H and O–H groups in total. The van der Waals surface area contributed by atoms with E-state index in [1.165, 1.54) is 6.42 Å². The third-order valence-electron chi connectivity index (χ3n) is 3.51. The van der Waals surface area contributed by atoms with E-state index in [2.05, 4.69) is 42.9 Å². The van der Waals surface area contributed by atoms with Crippen molar-refractivity contribution < 1.29 is 0 Å². The Hall–Kier alpha value is -1.17. The van der Waals surface area contributed by atoms with Crippen LogP contribution in [0.3, 0.4) is 0 Å². The predicted octanol–water partition coefficient (Wildman–Crippen LogP) is 1.73. The molecule has 3 rings (SSSR count). The molecule has 1 aliphatic heterocycles. The first kappa shape index (κ1) is 11.0. The number of anilines is 1. The first-order chi connectivity index (χ1) is 8.31. The molecule has 1 saturated heterocycles. The van der Waals surface area contributed by atoms with Gasteiger partial charge in [0.15, 0.2) is 5.82 Å². The molecule has 1 fully saturated rings. The lowest BCUT2D eigenvalue weighted by Crippen LogP contribution is -2.34. The lowest BCUT2D eigenvalue weighted by Gasteiger charge is -2.26. The van der Waals surface area contributed by atoms with Gasteiger partial charge >= 0.3 is 0 Å². The number of nitrogens with zero attached hydrogens (tertiary/aromatic N) is 5. The molecule has 90 valence electrons. The molecule has 17 heavy (non-hydrogen) atoms. The maximum Gasteiger partial charge on any atom is 0.203 e. The van der Waals surface area contributed by atoms with E-state index in [4.69, 9.17) is 0 Å². The topological polar surface area (TPSA) is 46.3 Å². The molecule has 0 spiro atoms. The van der Waals surface area contributed by atoms with Crippen LogP contribution < -0.4 is 4.90 Å². The molecule has 6 heteroatoms. The lowest BCUT2D eigenvalue weighted by molar-refractivity contribution is 0.553. The number of alkyl halides is 1. The van der Waals surface area contributed by atoms with E-state index < -0.39 is 0 Å². The van der Waals surface area contributed by atoms with Crippen molar-refractivity contribution >= 4 is 27.4 Å². The quantitative estimate of drug-likeness (QED) is 0.792. The van der Waals surface area contributed by atoms with Gasteiger partial charge in [0.05, 0.1) is 0 Å². The second kappa shape index (κ2) is 4.25. The number of fused-ring (bicyclic) bond motifs is 1. The minimum atomic E-state index is 0.491. The Labute approximate surface area is 108 Å². The van der Waals surface area contributed by atoms with E-state index in [0.29, 0.717) is 12.0 Å². The zero-order valence-electron chi connectivity index (χ0n) is 9.62. The van der Waals surface area contributed by atoms with E-state index in [-0.39, 0.29) is 0 Å². The van der Waals surface area contributed by atoms with E-state index in [1.54, 1.807) is 12.5 Å². The van der Waals surface area contributed by atoms with Crippen LogP contribution in [0.15, 0.2) is 18.7 Å². The summed E-state index contributed by atoms with van der Waals surface area (Å²) in [6.45, 7) is 3.33. The Bertz CT molecular complexity index is 525.